The van der Waals surface area contributed by atoms with Crippen molar-refractivity contribution in [1.29, 1.82) is 0 Å². The highest BCUT2D eigenvalue weighted by molar-refractivity contribution is 5.98. The first-order valence-electron chi connectivity index (χ1n) is 12.1. The molecule has 1 saturated heterocycles. The van der Waals surface area contributed by atoms with Crippen LogP contribution in [0.25, 0.3) is 0 Å². The fourth-order valence-electron chi connectivity index (χ4n) is 3.56. The number of amides is 3. The third-order valence-electron chi connectivity index (χ3n) is 5.77. The van der Waals surface area contributed by atoms with E-state index in [2.05, 4.69) is 39.7 Å². The number of rotatable bonds is 10. The lowest BCUT2D eigenvalue weighted by molar-refractivity contribution is -0.122. The van der Waals surface area contributed by atoms with Gasteiger partial charge < -0.3 is 25.6 Å². The number of carbonyl (C=O) groups is 3. The number of morpholine rings is 1. The van der Waals surface area contributed by atoms with Gasteiger partial charge in [0.2, 0.25) is 5.91 Å². The molecule has 1 aliphatic rings. The fourth-order valence-corrected chi connectivity index (χ4v) is 3.56. The summed E-state index contributed by atoms with van der Waals surface area (Å²) < 4.78 is 5.36. The van der Waals surface area contributed by atoms with E-state index in [1.165, 1.54) is 6.20 Å². The Hall–Kier alpha value is -3.46. The van der Waals surface area contributed by atoms with Crippen molar-refractivity contribution in [3.8, 4) is 0 Å². The molecule has 1 aliphatic heterocycles. The van der Waals surface area contributed by atoms with E-state index in [9.17, 15) is 14.4 Å². The summed E-state index contributed by atoms with van der Waals surface area (Å²) in [6.07, 6.45) is 2.31. The summed E-state index contributed by atoms with van der Waals surface area (Å²) >= 11 is 0. The Morgan fingerprint density at radius 1 is 0.971 bits per heavy atom. The molecular weight excluding hydrogens is 446 g/mol. The lowest BCUT2D eigenvalue weighted by Gasteiger charge is -2.27. The summed E-state index contributed by atoms with van der Waals surface area (Å²) in [4.78, 5) is 44.8. The summed E-state index contributed by atoms with van der Waals surface area (Å²) in [7, 11) is 0. The number of aryl methyl sites for hydroxylation is 1. The van der Waals surface area contributed by atoms with E-state index in [0.29, 0.717) is 36.8 Å². The van der Waals surface area contributed by atoms with Crippen LogP contribution in [0.2, 0.25) is 0 Å². The number of pyridine rings is 1. The first-order chi connectivity index (χ1) is 16.8. The molecule has 0 saturated carbocycles. The van der Waals surface area contributed by atoms with Crippen molar-refractivity contribution in [2.24, 2.45) is 5.92 Å². The average molecular weight is 482 g/mol. The van der Waals surface area contributed by atoms with Gasteiger partial charge in [0.05, 0.1) is 18.8 Å². The fraction of sp³-hybridized carbons (Fsp3) is 0.462. The van der Waals surface area contributed by atoms with Crippen molar-refractivity contribution in [1.82, 2.24) is 20.9 Å². The van der Waals surface area contributed by atoms with Gasteiger partial charge in [-0.25, -0.2) is 4.98 Å². The topological polar surface area (TPSA) is 113 Å². The second kappa shape index (κ2) is 12.9. The second-order valence-corrected chi connectivity index (χ2v) is 9.08. The van der Waals surface area contributed by atoms with E-state index >= 15 is 0 Å². The maximum absolute atomic E-state index is 12.9. The molecule has 188 valence electrons. The molecule has 9 nitrogen and oxygen atoms in total. The van der Waals surface area contributed by atoms with Crippen LogP contribution in [-0.4, -0.2) is 68.1 Å². The highest BCUT2D eigenvalue weighted by atomic mass is 16.5. The molecule has 0 unspecified atom stereocenters. The molecule has 0 spiro atoms. The number of benzene rings is 1. The Morgan fingerprint density at radius 3 is 2.29 bits per heavy atom. The van der Waals surface area contributed by atoms with Gasteiger partial charge in [-0.05, 0) is 43.5 Å². The van der Waals surface area contributed by atoms with Gasteiger partial charge in [-0.15, -0.1) is 0 Å². The Bertz CT molecular complexity index is 986. The molecule has 1 aromatic carbocycles. The summed E-state index contributed by atoms with van der Waals surface area (Å²) in [6.45, 7) is 9.32. The first-order valence-corrected chi connectivity index (χ1v) is 12.1. The number of anilines is 1. The maximum Gasteiger partial charge on any atom is 0.253 e. The van der Waals surface area contributed by atoms with E-state index in [0.717, 1.165) is 30.9 Å². The van der Waals surface area contributed by atoms with E-state index in [-0.39, 0.29) is 18.4 Å². The Kier molecular flexibility index (Phi) is 9.60. The van der Waals surface area contributed by atoms with Crippen molar-refractivity contribution in [2.75, 3.05) is 44.3 Å². The third-order valence-corrected chi connectivity index (χ3v) is 5.77. The summed E-state index contributed by atoms with van der Waals surface area (Å²) in [6, 6.07) is 9.69. The van der Waals surface area contributed by atoms with Gasteiger partial charge in [0.25, 0.3) is 11.8 Å². The number of nitrogens with zero attached hydrogens (tertiary/aromatic N) is 2. The van der Waals surface area contributed by atoms with Gasteiger partial charge >= 0.3 is 0 Å². The van der Waals surface area contributed by atoms with E-state index < -0.39 is 11.9 Å². The zero-order chi connectivity index (χ0) is 25.2. The van der Waals surface area contributed by atoms with Crippen LogP contribution in [0.1, 0.15) is 46.5 Å². The standard InChI is InChI=1S/C26H35N5O4/c1-18(2)10-11-27-26(34)22(17-29-24(32)20-6-4-19(3)5-7-20)30-25(33)21-8-9-23(28-16-21)31-12-14-35-15-13-31/h4-9,16,18,22H,10-15,17H2,1-3H3,(H,27,34)(H,29,32)(H,30,33)/t22-/m0/s1. The SMILES string of the molecule is Cc1ccc(C(=O)NC[C@H](NC(=O)c2ccc(N3CCOCC3)nc2)C(=O)NCCC(C)C)cc1. The number of carbonyl (C=O) groups excluding carboxylic acids is 3. The van der Waals surface area contributed by atoms with Crippen molar-refractivity contribution in [2.45, 2.75) is 33.2 Å². The van der Waals surface area contributed by atoms with Crippen molar-refractivity contribution < 1.29 is 19.1 Å². The van der Waals surface area contributed by atoms with Crippen LogP contribution in [0.5, 0.6) is 0 Å². The smallest absolute Gasteiger partial charge is 0.253 e. The zero-order valence-corrected chi connectivity index (χ0v) is 20.7. The van der Waals surface area contributed by atoms with Crippen LogP contribution < -0.4 is 20.9 Å². The molecule has 0 bridgehead atoms. The normalized spacial score (nSPS) is 14.3. The first kappa shape index (κ1) is 26.2. The van der Waals surface area contributed by atoms with Crippen molar-refractivity contribution in [3.05, 3.63) is 59.3 Å². The molecule has 3 amide bonds. The molecule has 3 rings (SSSR count). The van der Waals surface area contributed by atoms with E-state index in [4.69, 9.17) is 4.74 Å². The predicted octanol–water partition coefficient (Wildman–Crippen LogP) is 1.92. The molecule has 35 heavy (non-hydrogen) atoms. The molecule has 1 fully saturated rings. The Balaban J connectivity index is 1.64. The van der Waals surface area contributed by atoms with Crippen LogP contribution in [0.4, 0.5) is 5.82 Å². The minimum atomic E-state index is -0.928. The maximum atomic E-state index is 12.9. The number of ether oxygens (including phenoxy) is 1. The number of nitrogens with one attached hydrogen (secondary N) is 3. The average Bonchev–Trinajstić information content (AvgIpc) is 2.87. The van der Waals surface area contributed by atoms with Crippen LogP contribution in [0.15, 0.2) is 42.6 Å². The molecule has 1 atom stereocenters. The van der Waals surface area contributed by atoms with Crippen LogP contribution in [-0.2, 0) is 9.53 Å². The van der Waals surface area contributed by atoms with Crippen molar-refractivity contribution in [3.63, 3.8) is 0 Å². The second-order valence-electron chi connectivity index (χ2n) is 9.08. The van der Waals surface area contributed by atoms with Gasteiger partial charge in [0, 0.05) is 37.9 Å². The highest BCUT2D eigenvalue weighted by Gasteiger charge is 2.23. The monoisotopic (exact) mass is 481 g/mol. The zero-order valence-electron chi connectivity index (χ0n) is 20.7. The quantitative estimate of drug-likeness (QED) is 0.478. The van der Waals surface area contributed by atoms with E-state index in [1.807, 2.05) is 19.1 Å². The van der Waals surface area contributed by atoms with Crippen molar-refractivity contribution >= 4 is 23.5 Å². The molecule has 2 aromatic rings. The molecule has 0 radical (unpaired) electrons. The van der Waals surface area contributed by atoms with Gasteiger partial charge in [0.1, 0.15) is 11.9 Å². The minimum Gasteiger partial charge on any atom is -0.378 e. The third kappa shape index (κ3) is 8.06. The lowest BCUT2D eigenvalue weighted by Crippen LogP contribution is -2.52. The molecular formula is C26H35N5O4. The Morgan fingerprint density at radius 2 is 1.66 bits per heavy atom. The molecule has 2 heterocycles. The lowest BCUT2D eigenvalue weighted by atomic mass is 10.1. The number of aromatic nitrogens is 1. The minimum absolute atomic E-state index is 0.0365. The summed E-state index contributed by atoms with van der Waals surface area (Å²) in [5, 5.41) is 8.36. The largest absolute Gasteiger partial charge is 0.378 e. The van der Waals surface area contributed by atoms with Crippen LogP contribution in [0.3, 0.4) is 0 Å². The predicted molar refractivity (Wildman–Crippen MR) is 135 cm³/mol. The number of hydrogen-bond donors (Lipinski definition) is 3. The molecule has 9 heteroatoms. The van der Waals surface area contributed by atoms with E-state index in [1.54, 1.807) is 24.3 Å². The molecule has 0 aliphatic carbocycles. The van der Waals surface area contributed by atoms with Gasteiger partial charge in [0.15, 0.2) is 0 Å². The van der Waals surface area contributed by atoms with Gasteiger partial charge in [-0.3, -0.25) is 14.4 Å². The number of hydrogen-bond acceptors (Lipinski definition) is 6. The summed E-state index contributed by atoms with van der Waals surface area (Å²) in [5.74, 6) is 0.121. The highest BCUT2D eigenvalue weighted by Crippen LogP contribution is 2.13. The van der Waals surface area contributed by atoms with Crippen LogP contribution >= 0.6 is 0 Å². The Labute approximate surface area is 206 Å². The summed E-state index contributed by atoms with van der Waals surface area (Å²) in [5.41, 5.74) is 1.88. The molecule has 1 aromatic heterocycles. The van der Waals surface area contributed by atoms with Gasteiger partial charge in [-0.2, -0.15) is 0 Å². The van der Waals surface area contributed by atoms with Gasteiger partial charge in [-0.1, -0.05) is 31.5 Å². The molecule has 3 N–H and O–H groups in total. The van der Waals surface area contributed by atoms with Crippen LogP contribution in [0, 0.1) is 12.8 Å².